The molecule has 0 bridgehead atoms. The number of alkyl halides is 2. The molecule has 0 aliphatic carbocycles. The fourth-order valence-electron chi connectivity index (χ4n) is 2.99. The summed E-state index contributed by atoms with van der Waals surface area (Å²) in [4.78, 5) is 14.1. The van der Waals surface area contributed by atoms with Crippen LogP contribution in [0.1, 0.15) is 31.7 Å². The number of carbonyl (C=O) groups is 1. The fraction of sp³-hybridized carbons (Fsp3) is 0.588. The summed E-state index contributed by atoms with van der Waals surface area (Å²) in [6.07, 6.45) is 2.31. The van der Waals surface area contributed by atoms with E-state index >= 15 is 0 Å². The quantitative estimate of drug-likeness (QED) is 0.859. The summed E-state index contributed by atoms with van der Waals surface area (Å²) < 4.78 is 29.5. The molecule has 0 radical (unpaired) electrons. The van der Waals surface area contributed by atoms with Gasteiger partial charge in [-0.2, -0.15) is 8.78 Å². The fourth-order valence-corrected chi connectivity index (χ4v) is 2.99. The molecule has 2 N–H and O–H groups in total. The third-order valence-electron chi connectivity index (χ3n) is 4.88. The zero-order chi connectivity index (χ0) is 17.7. The molecule has 1 fully saturated rings. The summed E-state index contributed by atoms with van der Waals surface area (Å²) in [5.74, 6) is -0.0476. The van der Waals surface area contributed by atoms with E-state index in [9.17, 15) is 18.7 Å². The third kappa shape index (κ3) is 4.14. The van der Waals surface area contributed by atoms with E-state index in [0.717, 1.165) is 19.3 Å². The maximum Gasteiger partial charge on any atom is 0.387 e. The van der Waals surface area contributed by atoms with Gasteiger partial charge in [-0.15, -0.1) is 0 Å². The van der Waals surface area contributed by atoms with Crippen LogP contribution in [0, 0.1) is 12.3 Å². The molecule has 0 aromatic heterocycles. The average molecular weight is 342 g/mol. The molecule has 1 aliphatic heterocycles. The number of carbonyl (C=O) groups excluding carboxylic acids is 1. The van der Waals surface area contributed by atoms with E-state index in [-0.39, 0.29) is 29.5 Å². The molecule has 134 valence electrons. The topological polar surface area (TPSA) is 61.8 Å². The zero-order valence-corrected chi connectivity index (χ0v) is 14.0. The van der Waals surface area contributed by atoms with Crippen molar-refractivity contribution < 1.29 is 23.4 Å². The number of amides is 2. The van der Waals surface area contributed by atoms with Gasteiger partial charge in [0.2, 0.25) is 0 Å². The molecular formula is C17H24F2N2O3. The van der Waals surface area contributed by atoms with E-state index in [1.807, 2.05) is 6.92 Å². The van der Waals surface area contributed by atoms with Crippen LogP contribution < -0.4 is 10.1 Å². The first-order valence-electron chi connectivity index (χ1n) is 8.12. The van der Waals surface area contributed by atoms with Crippen molar-refractivity contribution in [1.82, 2.24) is 4.90 Å². The number of nitrogens with one attached hydrogen (secondary N) is 1. The smallest absolute Gasteiger partial charge is 0.387 e. The predicted octanol–water partition coefficient (Wildman–Crippen LogP) is 3.61. The number of likely N-dealkylation sites (tertiary alicyclic amines) is 1. The number of aliphatic hydroxyl groups is 1. The molecule has 0 saturated carbocycles. The standard InChI is InChI=1S/C17H24F2N2O3/c1-3-17(11-22)7-9-21(10-8-17)16(23)20-14-12(2)5-4-6-13(14)24-15(18)19/h4-6,15,22H,3,7-11H2,1-2H3,(H,20,23). The first-order chi connectivity index (χ1) is 11.4. The molecular weight excluding hydrogens is 318 g/mol. The Morgan fingerprint density at radius 2 is 2.08 bits per heavy atom. The number of nitrogens with zero attached hydrogens (tertiary/aromatic N) is 1. The highest BCUT2D eigenvalue weighted by Crippen LogP contribution is 2.35. The monoisotopic (exact) mass is 342 g/mol. The van der Waals surface area contributed by atoms with Crippen molar-refractivity contribution >= 4 is 11.7 Å². The summed E-state index contributed by atoms with van der Waals surface area (Å²) in [5, 5.41) is 12.2. The Bertz CT molecular complexity index is 567. The number of ether oxygens (including phenoxy) is 1. The maximum atomic E-state index is 12.5. The Hall–Kier alpha value is -1.89. The van der Waals surface area contributed by atoms with Gasteiger partial charge in [0.05, 0.1) is 5.69 Å². The summed E-state index contributed by atoms with van der Waals surface area (Å²) in [6, 6.07) is 4.38. The number of rotatable bonds is 5. The number of piperidine rings is 1. The SMILES string of the molecule is CCC1(CO)CCN(C(=O)Nc2c(C)cccc2OC(F)F)CC1. The average Bonchev–Trinajstić information content (AvgIpc) is 2.57. The molecule has 1 aromatic rings. The van der Waals surface area contributed by atoms with E-state index in [1.165, 1.54) is 6.07 Å². The van der Waals surface area contributed by atoms with Crippen molar-refractivity contribution in [2.45, 2.75) is 39.7 Å². The Morgan fingerprint density at radius 1 is 1.42 bits per heavy atom. The van der Waals surface area contributed by atoms with Crippen LogP contribution in [0.3, 0.4) is 0 Å². The highest BCUT2D eigenvalue weighted by molar-refractivity contribution is 5.92. The number of aryl methyl sites for hydroxylation is 1. The largest absolute Gasteiger partial charge is 0.433 e. The van der Waals surface area contributed by atoms with Gasteiger partial charge >= 0.3 is 12.6 Å². The van der Waals surface area contributed by atoms with Crippen LogP contribution in [-0.2, 0) is 0 Å². The summed E-state index contributed by atoms with van der Waals surface area (Å²) in [6.45, 7) is 1.97. The van der Waals surface area contributed by atoms with Gasteiger partial charge in [-0.1, -0.05) is 19.1 Å². The van der Waals surface area contributed by atoms with E-state index in [4.69, 9.17) is 0 Å². The Kier molecular flexibility index (Phi) is 5.99. The number of aliphatic hydroxyl groups excluding tert-OH is 1. The second kappa shape index (κ2) is 7.79. The molecule has 5 nitrogen and oxygen atoms in total. The number of benzene rings is 1. The maximum absolute atomic E-state index is 12.5. The molecule has 1 saturated heterocycles. The van der Waals surface area contributed by atoms with Gasteiger partial charge in [0.1, 0.15) is 5.75 Å². The van der Waals surface area contributed by atoms with Crippen LogP contribution in [0.5, 0.6) is 5.75 Å². The van der Waals surface area contributed by atoms with Crippen LogP contribution in [0.25, 0.3) is 0 Å². The van der Waals surface area contributed by atoms with Gasteiger partial charge < -0.3 is 20.1 Å². The molecule has 2 rings (SSSR count). The lowest BCUT2D eigenvalue weighted by atomic mass is 9.77. The number of hydrogen-bond acceptors (Lipinski definition) is 3. The van der Waals surface area contributed by atoms with Crippen LogP contribution in [-0.4, -0.2) is 42.3 Å². The van der Waals surface area contributed by atoms with Crippen LogP contribution in [0.4, 0.5) is 19.3 Å². The van der Waals surface area contributed by atoms with Gasteiger partial charge in [0.15, 0.2) is 0 Å². The normalized spacial score (nSPS) is 17.0. The van der Waals surface area contributed by atoms with Crippen molar-refractivity contribution in [2.75, 3.05) is 25.0 Å². The first-order valence-corrected chi connectivity index (χ1v) is 8.12. The van der Waals surface area contributed by atoms with Gasteiger partial charge in [-0.3, -0.25) is 0 Å². The number of halogens is 2. The van der Waals surface area contributed by atoms with Crippen molar-refractivity contribution in [2.24, 2.45) is 5.41 Å². The van der Waals surface area contributed by atoms with Crippen LogP contribution in [0.2, 0.25) is 0 Å². The van der Waals surface area contributed by atoms with E-state index in [0.29, 0.717) is 18.7 Å². The highest BCUT2D eigenvalue weighted by Gasteiger charge is 2.34. The number of para-hydroxylation sites is 1. The Balaban J connectivity index is 2.06. The van der Waals surface area contributed by atoms with Gasteiger partial charge in [0, 0.05) is 19.7 Å². The van der Waals surface area contributed by atoms with Gasteiger partial charge in [-0.05, 0) is 43.2 Å². The second-order valence-corrected chi connectivity index (χ2v) is 6.26. The molecule has 0 unspecified atom stereocenters. The lowest BCUT2D eigenvalue weighted by Crippen LogP contribution is -2.46. The summed E-state index contributed by atoms with van der Waals surface area (Å²) >= 11 is 0. The minimum absolute atomic E-state index is 0.0476. The lowest BCUT2D eigenvalue weighted by Gasteiger charge is -2.40. The molecule has 1 aromatic carbocycles. The van der Waals surface area contributed by atoms with Gasteiger partial charge in [-0.25, -0.2) is 4.79 Å². The van der Waals surface area contributed by atoms with Crippen molar-refractivity contribution in [3.05, 3.63) is 23.8 Å². The van der Waals surface area contributed by atoms with Gasteiger partial charge in [0.25, 0.3) is 0 Å². The highest BCUT2D eigenvalue weighted by atomic mass is 19.3. The van der Waals surface area contributed by atoms with Crippen molar-refractivity contribution in [3.8, 4) is 5.75 Å². The molecule has 24 heavy (non-hydrogen) atoms. The molecule has 0 spiro atoms. The molecule has 1 heterocycles. The molecule has 1 aliphatic rings. The second-order valence-electron chi connectivity index (χ2n) is 6.26. The first kappa shape index (κ1) is 18.4. The molecule has 2 amide bonds. The van der Waals surface area contributed by atoms with Crippen LogP contribution >= 0.6 is 0 Å². The number of urea groups is 1. The Morgan fingerprint density at radius 3 is 2.62 bits per heavy atom. The van der Waals surface area contributed by atoms with E-state index in [1.54, 1.807) is 24.0 Å². The minimum Gasteiger partial charge on any atom is -0.433 e. The number of anilines is 1. The van der Waals surface area contributed by atoms with E-state index < -0.39 is 6.61 Å². The molecule has 0 atom stereocenters. The minimum atomic E-state index is -2.95. The zero-order valence-electron chi connectivity index (χ0n) is 14.0. The van der Waals surface area contributed by atoms with Crippen molar-refractivity contribution in [3.63, 3.8) is 0 Å². The lowest BCUT2D eigenvalue weighted by molar-refractivity contribution is -0.0493. The predicted molar refractivity (Wildman–Crippen MR) is 87.4 cm³/mol. The Labute approximate surface area is 140 Å². The number of hydrogen-bond donors (Lipinski definition) is 2. The summed E-state index contributed by atoms with van der Waals surface area (Å²) in [7, 11) is 0. The van der Waals surface area contributed by atoms with E-state index in [2.05, 4.69) is 10.1 Å². The van der Waals surface area contributed by atoms with Crippen molar-refractivity contribution in [1.29, 1.82) is 0 Å². The van der Waals surface area contributed by atoms with Crippen LogP contribution in [0.15, 0.2) is 18.2 Å². The third-order valence-corrected chi connectivity index (χ3v) is 4.88. The molecule has 7 heteroatoms. The summed E-state index contributed by atoms with van der Waals surface area (Å²) in [5.41, 5.74) is 0.790.